The van der Waals surface area contributed by atoms with Crippen LogP contribution < -0.4 is 0 Å². The molecule has 0 radical (unpaired) electrons. The summed E-state index contributed by atoms with van der Waals surface area (Å²) >= 11 is 0. The van der Waals surface area contributed by atoms with Crippen LogP contribution in [0.3, 0.4) is 0 Å². The summed E-state index contributed by atoms with van der Waals surface area (Å²) in [5, 5.41) is 16.2. The Kier molecular flexibility index (Phi) is 14.7. The van der Waals surface area contributed by atoms with E-state index in [0.29, 0.717) is 13.2 Å². The minimum atomic E-state index is 0.0278. The van der Waals surface area contributed by atoms with Crippen LogP contribution in [0.15, 0.2) is 0 Å². The topological polar surface area (TPSA) is 49.7 Å². The second kappa shape index (κ2) is 12.9. The largest absolute Gasteiger partial charge is 0.394 e. The van der Waals surface area contributed by atoms with Crippen molar-refractivity contribution in [1.29, 1.82) is 0 Å². The van der Waals surface area contributed by atoms with E-state index in [4.69, 9.17) is 10.2 Å². The van der Waals surface area contributed by atoms with Crippen LogP contribution >= 0.6 is 0 Å². The molecule has 0 aliphatic rings. The molecule has 0 aliphatic carbocycles. The lowest BCUT2D eigenvalue weighted by molar-refractivity contribution is -0.921. The van der Waals surface area contributed by atoms with Crippen molar-refractivity contribution < 1.29 is 19.4 Å². The van der Waals surface area contributed by atoms with Crippen LogP contribution in [0.2, 0.25) is 0 Å². The minimum absolute atomic E-state index is 0.0278. The molecule has 0 spiro atoms. The highest BCUT2D eigenvalue weighted by Gasteiger charge is 2.16. The molecule has 16 heavy (non-hydrogen) atoms. The molecule has 4 heteroatoms. The quantitative estimate of drug-likeness (QED) is 0.486. The molecule has 0 aromatic heterocycles. The maximum absolute atomic E-state index is 8.09. The van der Waals surface area contributed by atoms with Crippen LogP contribution in [0, 0.1) is 0 Å². The zero-order valence-electron chi connectivity index (χ0n) is 11.4. The number of aliphatic hydroxyl groups is 2. The normalized spacial score (nSPS) is 10.9. The lowest BCUT2D eigenvalue weighted by Crippen LogP contribution is -2.47. The summed E-state index contributed by atoms with van der Waals surface area (Å²) in [5.41, 5.74) is 0. The Balaban J connectivity index is 0. The van der Waals surface area contributed by atoms with Crippen molar-refractivity contribution in [1.82, 2.24) is 0 Å². The number of nitrogens with zero attached hydrogens (tertiary/aromatic N) is 1. The second-order valence-electron chi connectivity index (χ2n) is 3.67. The maximum Gasteiger partial charge on any atom is 0.0757 e. The molecule has 0 aliphatic heterocycles. The van der Waals surface area contributed by atoms with Gasteiger partial charge in [0.05, 0.1) is 52.6 Å². The molecule has 0 amide bonds. The van der Waals surface area contributed by atoms with Gasteiger partial charge >= 0.3 is 0 Å². The highest BCUT2D eigenvalue weighted by Crippen LogP contribution is 2.03. The van der Waals surface area contributed by atoms with E-state index in [9.17, 15) is 0 Å². The number of aliphatic hydroxyl groups excluding tert-OH is 2. The fourth-order valence-corrected chi connectivity index (χ4v) is 1.57. The first kappa shape index (κ1) is 18.2. The van der Waals surface area contributed by atoms with Gasteiger partial charge in [-0.3, -0.25) is 0 Å². The van der Waals surface area contributed by atoms with Crippen molar-refractivity contribution in [3.63, 3.8) is 0 Å². The monoisotopic (exact) mass is 236 g/mol. The van der Waals surface area contributed by atoms with Gasteiger partial charge in [-0.1, -0.05) is 0 Å². The van der Waals surface area contributed by atoms with E-state index in [1.54, 1.807) is 0 Å². The Bertz CT molecular complexity index is 106. The molecule has 0 saturated carbocycles. The molecule has 0 unspecified atom stereocenters. The van der Waals surface area contributed by atoms with Gasteiger partial charge < -0.3 is 19.4 Å². The van der Waals surface area contributed by atoms with Gasteiger partial charge in [0, 0.05) is 0 Å². The summed E-state index contributed by atoms with van der Waals surface area (Å²) in [5.74, 6) is 0. The maximum atomic E-state index is 8.09. The van der Waals surface area contributed by atoms with Gasteiger partial charge in [-0.05, 0) is 27.7 Å². The SMILES string of the molecule is CC[N+](CC)(CC)CC.OCCOCCO. The van der Waals surface area contributed by atoms with E-state index < -0.39 is 0 Å². The highest BCUT2D eigenvalue weighted by atomic mass is 16.5. The van der Waals surface area contributed by atoms with E-state index in [-0.39, 0.29) is 13.2 Å². The van der Waals surface area contributed by atoms with Crippen molar-refractivity contribution in [2.45, 2.75) is 27.7 Å². The smallest absolute Gasteiger partial charge is 0.0757 e. The predicted octanol–water partition coefficient (Wildman–Crippen LogP) is 0.870. The fourth-order valence-electron chi connectivity index (χ4n) is 1.57. The van der Waals surface area contributed by atoms with Gasteiger partial charge in [0.15, 0.2) is 0 Å². The summed E-state index contributed by atoms with van der Waals surface area (Å²) in [6.45, 7) is 14.9. The van der Waals surface area contributed by atoms with Gasteiger partial charge in [-0.15, -0.1) is 0 Å². The Morgan fingerprint density at radius 2 is 1.06 bits per heavy atom. The molecule has 0 rings (SSSR count). The summed E-state index contributed by atoms with van der Waals surface area (Å²) in [7, 11) is 0. The Morgan fingerprint density at radius 3 is 1.19 bits per heavy atom. The van der Waals surface area contributed by atoms with Gasteiger partial charge in [0.25, 0.3) is 0 Å². The summed E-state index contributed by atoms with van der Waals surface area (Å²) < 4.78 is 5.91. The molecule has 0 fully saturated rings. The fraction of sp³-hybridized carbons (Fsp3) is 1.00. The van der Waals surface area contributed by atoms with E-state index in [1.165, 1.54) is 30.7 Å². The van der Waals surface area contributed by atoms with Crippen molar-refractivity contribution in [3.05, 3.63) is 0 Å². The lowest BCUT2D eigenvalue weighted by Gasteiger charge is -2.34. The Labute approximate surface area is 100 Å². The standard InChI is InChI=1S/C8H20N.C4H10O3/c1-5-9(6-2,7-3)8-4;5-1-3-7-4-2-6/h5-8H2,1-4H3;5-6H,1-4H2/q+1;. The average Bonchev–Trinajstić information content (AvgIpc) is 2.34. The third-order valence-corrected chi connectivity index (χ3v) is 3.15. The first-order chi connectivity index (χ1) is 7.66. The minimum Gasteiger partial charge on any atom is -0.394 e. The van der Waals surface area contributed by atoms with Crippen molar-refractivity contribution in [3.8, 4) is 0 Å². The zero-order valence-corrected chi connectivity index (χ0v) is 11.4. The summed E-state index contributed by atoms with van der Waals surface area (Å²) in [4.78, 5) is 0. The molecule has 4 nitrogen and oxygen atoms in total. The first-order valence-electron chi connectivity index (χ1n) is 6.30. The molecular formula is C12H30NO3+. The van der Waals surface area contributed by atoms with Gasteiger partial charge in [-0.25, -0.2) is 0 Å². The molecule has 0 bridgehead atoms. The summed E-state index contributed by atoms with van der Waals surface area (Å²) in [6.07, 6.45) is 0. The molecule has 0 atom stereocenters. The number of hydrogen-bond donors (Lipinski definition) is 2. The van der Waals surface area contributed by atoms with Crippen LogP contribution in [0.25, 0.3) is 0 Å². The van der Waals surface area contributed by atoms with Crippen LogP contribution in [-0.2, 0) is 4.74 Å². The lowest BCUT2D eigenvalue weighted by atomic mass is 10.3. The van der Waals surface area contributed by atoms with Crippen LogP contribution in [-0.4, -0.2) is 67.3 Å². The van der Waals surface area contributed by atoms with Crippen LogP contribution in [0.1, 0.15) is 27.7 Å². The molecule has 0 saturated heterocycles. The number of rotatable bonds is 8. The average molecular weight is 236 g/mol. The van der Waals surface area contributed by atoms with Crippen LogP contribution in [0.4, 0.5) is 0 Å². The molecular weight excluding hydrogens is 206 g/mol. The predicted molar refractivity (Wildman–Crippen MR) is 67.4 cm³/mol. The number of quaternary nitrogens is 1. The molecule has 100 valence electrons. The van der Waals surface area contributed by atoms with E-state index in [1.807, 2.05) is 0 Å². The van der Waals surface area contributed by atoms with Crippen LogP contribution in [0.5, 0.6) is 0 Å². The second-order valence-corrected chi connectivity index (χ2v) is 3.67. The van der Waals surface area contributed by atoms with E-state index >= 15 is 0 Å². The first-order valence-corrected chi connectivity index (χ1v) is 6.30. The van der Waals surface area contributed by atoms with Crippen molar-refractivity contribution in [2.75, 3.05) is 52.6 Å². The number of hydrogen-bond acceptors (Lipinski definition) is 3. The summed E-state index contributed by atoms with van der Waals surface area (Å²) in [6, 6.07) is 0. The van der Waals surface area contributed by atoms with Crippen molar-refractivity contribution in [2.24, 2.45) is 0 Å². The Hall–Kier alpha value is -0.160. The van der Waals surface area contributed by atoms with Crippen molar-refractivity contribution >= 4 is 0 Å². The molecule has 0 aromatic carbocycles. The zero-order chi connectivity index (χ0) is 12.9. The molecule has 0 aromatic rings. The molecule has 0 heterocycles. The van der Waals surface area contributed by atoms with E-state index in [0.717, 1.165) is 0 Å². The van der Waals surface area contributed by atoms with Gasteiger partial charge in [-0.2, -0.15) is 0 Å². The van der Waals surface area contributed by atoms with Gasteiger partial charge in [0.1, 0.15) is 0 Å². The highest BCUT2D eigenvalue weighted by molar-refractivity contribution is 4.31. The third kappa shape index (κ3) is 9.09. The third-order valence-electron chi connectivity index (χ3n) is 3.15. The number of ether oxygens (including phenoxy) is 1. The van der Waals surface area contributed by atoms with Gasteiger partial charge in [0.2, 0.25) is 0 Å². The molecule has 2 N–H and O–H groups in total. The Morgan fingerprint density at radius 1 is 0.750 bits per heavy atom. The van der Waals surface area contributed by atoms with E-state index in [2.05, 4.69) is 32.4 Å².